The van der Waals surface area contributed by atoms with E-state index in [4.69, 9.17) is 4.74 Å². The van der Waals surface area contributed by atoms with Crippen molar-refractivity contribution < 1.29 is 9.13 Å². The maximum Gasteiger partial charge on any atom is 0.137 e. The van der Waals surface area contributed by atoms with E-state index in [0.717, 1.165) is 16.9 Å². The van der Waals surface area contributed by atoms with Crippen molar-refractivity contribution in [2.75, 3.05) is 7.11 Å². The molecule has 106 valence electrons. The Kier molecular flexibility index (Phi) is 5.15. The standard InChI is InChI=1S/C16H17BrFNO/c1-11(13-5-3-4-6-16(13)20-2)19-10-12-7-8-14(17)15(18)9-12/h3-9,11,19H,10H2,1-2H3/t11-/m0/s1. The van der Waals surface area contributed by atoms with Gasteiger partial charge >= 0.3 is 0 Å². The van der Waals surface area contributed by atoms with Gasteiger partial charge in [-0.1, -0.05) is 24.3 Å². The number of ether oxygens (including phenoxy) is 1. The van der Waals surface area contributed by atoms with Gasteiger partial charge in [0.1, 0.15) is 11.6 Å². The van der Waals surface area contributed by atoms with Crippen LogP contribution in [0.5, 0.6) is 5.75 Å². The van der Waals surface area contributed by atoms with Gasteiger partial charge in [-0.2, -0.15) is 0 Å². The van der Waals surface area contributed by atoms with Gasteiger partial charge in [-0.25, -0.2) is 4.39 Å². The van der Waals surface area contributed by atoms with E-state index < -0.39 is 0 Å². The van der Waals surface area contributed by atoms with Crippen LogP contribution in [-0.4, -0.2) is 7.11 Å². The SMILES string of the molecule is COc1ccccc1[C@H](C)NCc1ccc(Br)c(F)c1. The van der Waals surface area contributed by atoms with E-state index in [-0.39, 0.29) is 11.9 Å². The van der Waals surface area contributed by atoms with Crippen LogP contribution in [0, 0.1) is 5.82 Å². The molecule has 0 bridgehead atoms. The zero-order valence-electron chi connectivity index (χ0n) is 11.5. The predicted octanol–water partition coefficient (Wildman–Crippen LogP) is 4.45. The quantitative estimate of drug-likeness (QED) is 0.870. The van der Waals surface area contributed by atoms with E-state index in [1.165, 1.54) is 6.07 Å². The molecule has 4 heteroatoms. The zero-order chi connectivity index (χ0) is 14.5. The maximum absolute atomic E-state index is 13.5. The van der Waals surface area contributed by atoms with E-state index in [2.05, 4.69) is 28.2 Å². The third-order valence-corrected chi connectivity index (χ3v) is 3.84. The summed E-state index contributed by atoms with van der Waals surface area (Å²) in [5.74, 6) is 0.615. The molecule has 0 saturated heterocycles. The van der Waals surface area contributed by atoms with Crippen molar-refractivity contribution in [3.63, 3.8) is 0 Å². The van der Waals surface area contributed by atoms with Crippen molar-refractivity contribution in [3.8, 4) is 5.75 Å². The molecule has 0 aromatic heterocycles. The van der Waals surface area contributed by atoms with E-state index in [9.17, 15) is 4.39 Å². The largest absolute Gasteiger partial charge is 0.496 e. The Balaban J connectivity index is 2.04. The van der Waals surface area contributed by atoms with Crippen LogP contribution in [0.2, 0.25) is 0 Å². The van der Waals surface area contributed by atoms with Crippen LogP contribution >= 0.6 is 15.9 Å². The second-order valence-electron chi connectivity index (χ2n) is 4.59. The smallest absolute Gasteiger partial charge is 0.137 e. The van der Waals surface area contributed by atoms with Crippen LogP contribution in [0.25, 0.3) is 0 Å². The van der Waals surface area contributed by atoms with Crippen LogP contribution in [0.1, 0.15) is 24.1 Å². The normalized spacial score (nSPS) is 12.2. The van der Waals surface area contributed by atoms with Crippen molar-refractivity contribution in [1.82, 2.24) is 5.32 Å². The minimum absolute atomic E-state index is 0.123. The highest BCUT2D eigenvalue weighted by Gasteiger charge is 2.10. The molecular formula is C16H17BrFNO. The molecule has 0 unspecified atom stereocenters. The monoisotopic (exact) mass is 337 g/mol. The summed E-state index contributed by atoms with van der Waals surface area (Å²) in [4.78, 5) is 0. The van der Waals surface area contributed by atoms with Crippen molar-refractivity contribution >= 4 is 15.9 Å². The number of hydrogen-bond acceptors (Lipinski definition) is 2. The van der Waals surface area contributed by atoms with Gasteiger partial charge in [0.2, 0.25) is 0 Å². The summed E-state index contributed by atoms with van der Waals surface area (Å²) in [5, 5.41) is 3.37. The summed E-state index contributed by atoms with van der Waals surface area (Å²) in [5.41, 5.74) is 2.00. The lowest BCUT2D eigenvalue weighted by Crippen LogP contribution is -2.18. The molecule has 0 aliphatic heterocycles. The van der Waals surface area contributed by atoms with Crippen molar-refractivity contribution in [1.29, 1.82) is 0 Å². The highest BCUT2D eigenvalue weighted by molar-refractivity contribution is 9.10. The van der Waals surface area contributed by atoms with Gasteiger partial charge in [-0.3, -0.25) is 0 Å². The summed E-state index contributed by atoms with van der Waals surface area (Å²) < 4.78 is 19.3. The van der Waals surface area contributed by atoms with Crippen molar-refractivity contribution in [2.24, 2.45) is 0 Å². The fourth-order valence-corrected chi connectivity index (χ4v) is 2.30. The Morgan fingerprint density at radius 2 is 2.00 bits per heavy atom. The fourth-order valence-electron chi connectivity index (χ4n) is 2.05. The molecule has 0 spiro atoms. The summed E-state index contributed by atoms with van der Waals surface area (Å²) in [6.45, 7) is 2.66. The van der Waals surface area contributed by atoms with Gasteiger partial charge in [-0.05, 0) is 46.6 Å². The average Bonchev–Trinajstić information content (AvgIpc) is 2.48. The molecule has 0 amide bonds. The van der Waals surface area contributed by atoms with Crippen LogP contribution in [0.4, 0.5) is 4.39 Å². The lowest BCUT2D eigenvalue weighted by atomic mass is 10.1. The second-order valence-corrected chi connectivity index (χ2v) is 5.45. The number of hydrogen-bond donors (Lipinski definition) is 1. The van der Waals surface area contributed by atoms with E-state index in [0.29, 0.717) is 11.0 Å². The first kappa shape index (κ1) is 15.0. The minimum Gasteiger partial charge on any atom is -0.496 e. The van der Waals surface area contributed by atoms with E-state index in [1.807, 2.05) is 30.3 Å². The average molecular weight is 338 g/mol. The highest BCUT2D eigenvalue weighted by atomic mass is 79.9. The predicted molar refractivity (Wildman–Crippen MR) is 82.3 cm³/mol. The first-order valence-corrected chi connectivity index (χ1v) is 7.21. The van der Waals surface area contributed by atoms with Gasteiger partial charge in [0.15, 0.2) is 0 Å². The molecule has 2 nitrogen and oxygen atoms in total. The number of methoxy groups -OCH3 is 1. The van der Waals surface area contributed by atoms with Crippen molar-refractivity contribution in [2.45, 2.75) is 19.5 Å². The van der Waals surface area contributed by atoms with Crippen molar-refractivity contribution in [3.05, 3.63) is 63.9 Å². The fraction of sp³-hybridized carbons (Fsp3) is 0.250. The topological polar surface area (TPSA) is 21.3 Å². The molecule has 2 rings (SSSR count). The van der Waals surface area contributed by atoms with Crippen LogP contribution in [0.3, 0.4) is 0 Å². The molecule has 0 aliphatic carbocycles. The Hall–Kier alpha value is -1.39. The molecule has 1 N–H and O–H groups in total. The molecule has 0 saturated carbocycles. The minimum atomic E-state index is -0.241. The van der Waals surface area contributed by atoms with Crippen LogP contribution in [0.15, 0.2) is 46.9 Å². The molecule has 0 heterocycles. The third-order valence-electron chi connectivity index (χ3n) is 3.20. The molecular weight excluding hydrogens is 321 g/mol. The molecule has 2 aromatic carbocycles. The number of halogens is 2. The zero-order valence-corrected chi connectivity index (χ0v) is 13.1. The number of benzene rings is 2. The lowest BCUT2D eigenvalue weighted by molar-refractivity contribution is 0.401. The first-order valence-electron chi connectivity index (χ1n) is 6.42. The Morgan fingerprint density at radius 3 is 2.70 bits per heavy atom. The second kappa shape index (κ2) is 6.86. The van der Waals surface area contributed by atoms with Crippen LogP contribution < -0.4 is 10.1 Å². The van der Waals surface area contributed by atoms with Gasteiger partial charge in [0, 0.05) is 18.2 Å². The Morgan fingerprint density at radius 1 is 1.25 bits per heavy atom. The van der Waals surface area contributed by atoms with E-state index >= 15 is 0 Å². The molecule has 0 radical (unpaired) electrons. The summed E-state index contributed by atoms with van der Waals surface area (Å²) in [6.07, 6.45) is 0. The lowest BCUT2D eigenvalue weighted by Gasteiger charge is -2.17. The van der Waals surface area contributed by atoms with E-state index in [1.54, 1.807) is 13.2 Å². The number of rotatable bonds is 5. The van der Waals surface area contributed by atoms with Gasteiger partial charge in [0.25, 0.3) is 0 Å². The first-order chi connectivity index (χ1) is 9.61. The summed E-state index contributed by atoms with van der Waals surface area (Å²) >= 11 is 3.15. The molecule has 0 fully saturated rings. The van der Waals surface area contributed by atoms with Crippen LogP contribution in [-0.2, 0) is 6.54 Å². The van der Waals surface area contributed by atoms with Gasteiger partial charge < -0.3 is 10.1 Å². The molecule has 2 aromatic rings. The van der Waals surface area contributed by atoms with Gasteiger partial charge in [0.05, 0.1) is 11.6 Å². The van der Waals surface area contributed by atoms with Gasteiger partial charge in [-0.15, -0.1) is 0 Å². The third kappa shape index (κ3) is 3.58. The molecule has 0 aliphatic rings. The summed E-state index contributed by atoms with van der Waals surface area (Å²) in [6, 6.07) is 13.2. The Labute approximate surface area is 127 Å². The highest BCUT2D eigenvalue weighted by Crippen LogP contribution is 2.24. The Bertz CT molecular complexity index is 588. The number of para-hydroxylation sites is 1. The molecule has 20 heavy (non-hydrogen) atoms. The number of nitrogens with one attached hydrogen (secondary N) is 1. The maximum atomic E-state index is 13.5. The molecule has 1 atom stereocenters. The summed E-state index contributed by atoms with van der Waals surface area (Å²) in [7, 11) is 1.66.